The zero-order valence-electron chi connectivity index (χ0n) is 13.7. The van der Waals surface area contributed by atoms with Gasteiger partial charge < -0.3 is 10.2 Å². The van der Waals surface area contributed by atoms with E-state index in [1.807, 2.05) is 0 Å². The third kappa shape index (κ3) is 3.39. The lowest BCUT2D eigenvalue weighted by Gasteiger charge is -2.51. The van der Waals surface area contributed by atoms with Crippen molar-refractivity contribution in [2.24, 2.45) is 5.41 Å². The van der Waals surface area contributed by atoms with E-state index >= 15 is 0 Å². The second-order valence-corrected chi connectivity index (χ2v) is 7.28. The minimum atomic E-state index is -0.617. The topological polar surface area (TPSA) is 32.3 Å². The van der Waals surface area contributed by atoms with Crippen LogP contribution < -0.4 is 5.32 Å². The van der Waals surface area contributed by atoms with E-state index in [1.54, 1.807) is 6.92 Å². The summed E-state index contributed by atoms with van der Waals surface area (Å²) in [5.41, 5.74) is 0.385. The molecule has 3 fully saturated rings. The van der Waals surface area contributed by atoms with Crippen LogP contribution in [0.1, 0.15) is 50.6 Å². The molecular weight excluding hydrogens is 298 g/mol. The van der Waals surface area contributed by atoms with E-state index in [-0.39, 0.29) is 11.3 Å². The summed E-state index contributed by atoms with van der Waals surface area (Å²) in [6, 6.07) is 3.68. The molecule has 3 nitrogen and oxygen atoms in total. The van der Waals surface area contributed by atoms with Gasteiger partial charge >= 0.3 is 0 Å². The predicted octanol–water partition coefficient (Wildman–Crippen LogP) is 3.41. The summed E-state index contributed by atoms with van der Waals surface area (Å²) in [5, 5.41) is 2.88. The van der Waals surface area contributed by atoms with Gasteiger partial charge in [0.25, 0.3) is 0 Å². The Morgan fingerprint density at radius 3 is 2.70 bits per heavy atom. The lowest BCUT2D eigenvalue weighted by molar-refractivity contribution is -0.127. The van der Waals surface area contributed by atoms with Crippen LogP contribution in [0.25, 0.3) is 0 Å². The van der Waals surface area contributed by atoms with Gasteiger partial charge in [-0.3, -0.25) is 4.79 Å². The molecule has 2 saturated heterocycles. The Bertz CT molecular complexity index is 597. The fourth-order valence-electron chi connectivity index (χ4n) is 4.27. The Kier molecular flexibility index (Phi) is 4.41. The molecule has 1 atom stereocenters. The largest absolute Gasteiger partial charge is 0.349 e. The lowest BCUT2D eigenvalue weighted by atomic mass is 9.66. The molecule has 1 saturated carbocycles. The first-order valence-corrected chi connectivity index (χ1v) is 8.33. The first kappa shape index (κ1) is 16.4. The van der Waals surface area contributed by atoms with E-state index in [1.165, 1.54) is 12.1 Å². The van der Waals surface area contributed by atoms with Crippen molar-refractivity contribution in [2.45, 2.75) is 51.1 Å². The van der Waals surface area contributed by atoms with E-state index in [0.717, 1.165) is 38.3 Å². The molecule has 126 valence electrons. The minimum absolute atomic E-state index is 0.0463. The van der Waals surface area contributed by atoms with Gasteiger partial charge in [0, 0.05) is 30.6 Å². The molecular formula is C18H24F2N2O. The van der Waals surface area contributed by atoms with Gasteiger partial charge in [0.1, 0.15) is 11.6 Å². The van der Waals surface area contributed by atoms with Crippen molar-refractivity contribution in [3.8, 4) is 0 Å². The molecule has 23 heavy (non-hydrogen) atoms. The first-order chi connectivity index (χ1) is 10.9. The SMILES string of the molecule is C[C@@H](NC(=O)CC12CCC(CC1)N(C)C2)c1ccc(F)cc1F. The molecule has 1 aliphatic carbocycles. The number of benzene rings is 1. The number of hydrogen-bond donors (Lipinski definition) is 1. The molecule has 2 bridgehead atoms. The number of piperidine rings is 2. The number of carbonyl (C=O) groups excluding carboxylic acids is 1. The summed E-state index contributed by atoms with van der Waals surface area (Å²) in [4.78, 5) is 14.8. The summed E-state index contributed by atoms with van der Waals surface area (Å²) in [6.07, 6.45) is 4.98. The predicted molar refractivity (Wildman–Crippen MR) is 84.9 cm³/mol. The van der Waals surface area contributed by atoms with Crippen LogP contribution in [-0.2, 0) is 4.79 Å². The van der Waals surface area contributed by atoms with Gasteiger partial charge in [-0.2, -0.15) is 0 Å². The highest BCUT2D eigenvalue weighted by Crippen LogP contribution is 2.46. The van der Waals surface area contributed by atoms with Crippen LogP contribution in [0.15, 0.2) is 18.2 Å². The molecule has 0 radical (unpaired) electrons. The van der Waals surface area contributed by atoms with Crippen molar-refractivity contribution < 1.29 is 13.6 Å². The molecule has 0 unspecified atom stereocenters. The summed E-state index contributed by atoms with van der Waals surface area (Å²) in [6.45, 7) is 2.69. The molecule has 0 spiro atoms. The molecule has 1 aromatic rings. The van der Waals surface area contributed by atoms with Crippen molar-refractivity contribution in [2.75, 3.05) is 13.6 Å². The molecule has 1 N–H and O–H groups in total. The van der Waals surface area contributed by atoms with Crippen molar-refractivity contribution in [1.82, 2.24) is 10.2 Å². The molecule has 1 aromatic carbocycles. The molecule has 2 aliphatic heterocycles. The summed E-state index contributed by atoms with van der Waals surface area (Å²) < 4.78 is 26.8. The highest BCUT2D eigenvalue weighted by Gasteiger charge is 2.44. The highest BCUT2D eigenvalue weighted by atomic mass is 19.1. The van der Waals surface area contributed by atoms with Gasteiger partial charge in [0.2, 0.25) is 5.91 Å². The average Bonchev–Trinajstić information content (AvgIpc) is 2.47. The van der Waals surface area contributed by atoms with E-state index < -0.39 is 17.7 Å². The number of rotatable bonds is 4. The lowest BCUT2D eigenvalue weighted by Crippen LogP contribution is -2.53. The van der Waals surface area contributed by atoms with Crippen LogP contribution in [-0.4, -0.2) is 30.4 Å². The number of amides is 1. The monoisotopic (exact) mass is 322 g/mol. The Balaban J connectivity index is 1.63. The fourth-order valence-corrected chi connectivity index (χ4v) is 4.27. The second-order valence-electron chi connectivity index (χ2n) is 7.28. The Labute approximate surface area is 136 Å². The number of hydrogen-bond acceptors (Lipinski definition) is 2. The van der Waals surface area contributed by atoms with E-state index in [0.29, 0.717) is 18.0 Å². The third-order valence-corrected chi connectivity index (χ3v) is 5.57. The van der Waals surface area contributed by atoms with E-state index in [2.05, 4.69) is 17.3 Å². The first-order valence-electron chi connectivity index (χ1n) is 8.33. The second kappa shape index (κ2) is 6.19. The maximum absolute atomic E-state index is 13.8. The quantitative estimate of drug-likeness (QED) is 0.921. The standard InChI is InChI=1S/C18H24F2N2O/c1-12(15-4-3-13(19)9-16(15)20)21-17(23)10-18-7-5-14(6-8-18)22(2)11-18/h3-4,9,12,14H,5-8,10-11H2,1-2H3,(H,21,23)/t12-,14?,18?/m1/s1. The van der Waals surface area contributed by atoms with Crippen LogP contribution in [0.4, 0.5) is 8.78 Å². The van der Waals surface area contributed by atoms with Gasteiger partial charge in [0.15, 0.2) is 0 Å². The molecule has 3 aliphatic rings. The van der Waals surface area contributed by atoms with Crippen LogP contribution >= 0.6 is 0 Å². The van der Waals surface area contributed by atoms with Gasteiger partial charge in [-0.15, -0.1) is 0 Å². The van der Waals surface area contributed by atoms with Crippen LogP contribution in [0.2, 0.25) is 0 Å². The number of carbonyl (C=O) groups is 1. The number of halogens is 2. The van der Waals surface area contributed by atoms with Crippen molar-refractivity contribution in [1.29, 1.82) is 0 Å². The summed E-state index contributed by atoms with van der Waals surface area (Å²) >= 11 is 0. The Hall–Kier alpha value is -1.49. The van der Waals surface area contributed by atoms with Crippen LogP contribution in [0.3, 0.4) is 0 Å². The van der Waals surface area contributed by atoms with Gasteiger partial charge in [-0.25, -0.2) is 8.78 Å². The number of fused-ring (bicyclic) bond motifs is 3. The molecule has 2 heterocycles. The fraction of sp³-hybridized carbons (Fsp3) is 0.611. The number of nitrogens with zero attached hydrogens (tertiary/aromatic N) is 1. The average molecular weight is 322 g/mol. The smallest absolute Gasteiger partial charge is 0.221 e. The molecule has 4 rings (SSSR count). The van der Waals surface area contributed by atoms with Crippen molar-refractivity contribution in [3.63, 3.8) is 0 Å². The zero-order chi connectivity index (χ0) is 16.6. The van der Waals surface area contributed by atoms with Gasteiger partial charge in [0.05, 0.1) is 6.04 Å². The maximum atomic E-state index is 13.8. The van der Waals surface area contributed by atoms with Crippen LogP contribution in [0, 0.1) is 17.0 Å². The van der Waals surface area contributed by atoms with Crippen LogP contribution in [0.5, 0.6) is 0 Å². The van der Waals surface area contributed by atoms with Crippen molar-refractivity contribution in [3.05, 3.63) is 35.4 Å². The Morgan fingerprint density at radius 2 is 2.09 bits per heavy atom. The minimum Gasteiger partial charge on any atom is -0.349 e. The summed E-state index contributed by atoms with van der Waals surface area (Å²) in [5.74, 6) is -1.27. The zero-order valence-corrected chi connectivity index (χ0v) is 13.7. The highest BCUT2D eigenvalue weighted by molar-refractivity contribution is 5.77. The molecule has 5 heteroatoms. The maximum Gasteiger partial charge on any atom is 0.221 e. The summed E-state index contributed by atoms with van der Waals surface area (Å²) in [7, 11) is 2.13. The number of nitrogens with one attached hydrogen (secondary N) is 1. The van der Waals surface area contributed by atoms with E-state index in [9.17, 15) is 13.6 Å². The molecule has 1 amide bonds. The Morgan fingerprint density at radius 1 is 1.39 bits per heavy atom. The molecule has 0 aromatic heterocycles. The van der Waals surface area contributed by atoms with Gasteiger partial charge in [-0.1, -0.05) is 6.07 Å². The normalized spacial score (nSPS) is 28.6. The van der Waals surface area contributed by atoms with Crippen molar-refractivity contribution >= 4 is 5.91 Å². The van der Waals surface area contributed by atoms with Gasteiger partial charge in [-0.05, 0) is 51.1 Å². The third-order valence-electron chi connectivity index (χ3n) is 5.57. The van der Waals surface area contributed by atoms with E-state index in [4.69, 9.17) is 0 Å².